The van der Waals surface area contributed by atoms with Crippen LogP contribution >= 0.6 is 24.0 Å². The Kier molecular flexibility index (Phi) is 10.4. The van der Waals surface area contributed by atoms with Gasteiger partial charge in [-0.25, -0.2) is 4.39 Å². The van der Waals surface area contributed by atoms with Gasteiger partial charge < -0.3 is 20.3 Å². The van der Waals surface area contributed by atoms with Crippen LogP contribution in [0, 0.1) is 5.82 Å². The highest BCUT2D eigenvalue weighted by Gasteiger charge is 2.07. The second-order valence-electron chi connectivity index (χ2n) is 6.17. The Morgan fingerprint density at radius 2 is 1.89 bits per heavy atom. The van der Waals surface area contributed by atoms with Gasteiger partial charge in [0.05, 0.1) is 5.69 Å². The second kappa shape index (κ2) is 12.2. The molecule has 0 radical (unpaired) electrons. The first-order valence-electron chi connectivity index (χ1n) is 8.77. The number of nitrogens with one attached hydrogen (secondary N) is 2. The maximum atomic E-state index is 14.1. The van der Waals surface area contributed by atoms with E-state index in [4.69, 9.17) is 4.74 Å². The maximum absolute atomic E-state index is 14.1. The highest BCUT2D eigenvalue weighted by Crippen LogP contribution is 2.19. The lowest BCUT2D eigenvalue weighted by Gasteiger charge is -2.16. The zero-order chi connectivity index (χ0) is 19.6. The van der Waals surface area contributed by atoms with Gasteiger partial charge in [0, 0.05) is 39.8 Å². The average molecular weight is 498 g/mol. The van der Waals surface area contributed by atoms with Crippen LogP contribution in [-0.4, -0.2) is 33.7 Å². The van der Waals surface area contributed by atoms with E-state index in [9.17, 15) is 4.39 Å². The Labute approximate surface area is 183 Å². The van der Waals surface area contributed by atoms with Crippen molar-refractivity contribution in [1.29, 1.82) is 0 Å². The molecule has 0 unspecified atom stereocenters. The molecular formula is C21H28FIN4O. The molecule has 0 fully saturated rings. The van der Waals surface area contributed by atoms with Crippen molar-refractivity contribution < 1.29 is 9.13 Å². The van der Waals surface area contributed by atoms with E-state index in [2.05, 4.69) is 22.2 Å². The van der Waals surface area contributed by atoms with Crippen LogP contribution in [0.25, 0.3) is 0 Å². The predicted octanol–water partition coefficient (Wildman–Crippen LogP) is 3.94. The number of hydrogen-bond donors (Lipinski definition) is 2. The Morgan fingerprint density at radius 1 is 1.18 bits per heavy atom. The van der Waals surface area contributed by atoms with Crippen molar-refractivity contribution in [3.05, 3.63) is 72.1 Å². The van der Waals surface area contributed by atoms with Gasteiger partial charge in [-0.2, -0.15) is 0 Å². The first-order chi connectivity index (χ1) is 13.0. The molecular weight excluding hydrogens is 470 g/mol. The van der Waals surface area contributed by atoms with E-state index in [1.807, 2.05) is 44.4 Å². The SMILES string of the molecule is C=CCOc1ccccc1CNC(=NC)NCc1ccc(N(C)C)c(F)c1.I. The molecule has 0 saturated heterocycles. The fourth-order valence-electron chi connectivity index (χ4n) is 2.55. The number of nitrogens with zero attached hydrogens (tertiary/aromatic N) is 2. The Morgan fingerprint density at radius 3 is 2.54 bits per heavy atom. The summed E-state index contributed by atoms with van der Waals surface area (Å²) in [6.45, 7) is 5.15. The van der Waals surface area contributed by atoms with Gasteiger partial charge in [-0.05, 0) is 23.8 Å². The third-order valence-electron chi connectivity index (χ3n) is 3.95. The summed E-state index contributed by atoms with van der Waals surface area (Å²) in [7, 11) is 5.34. The first-order valence-corrected chi connectivity index (χ1v) is 8.77. The number of para-hydroxylation sites is 1. The molecule has 5 nitrogen and oxygen atoms in total. The van der Waals surface area contributed by atoms with E-state index in [0.29, 0.717) is 31.3 Å². The lowest BCUT2D eigenvalue weighted by molar-refractivity contribution is 0.358. The maximum Gasteiger partial charge on any atom is 0.191 e. The van der Waals surface area contributed by atoms with Crippen LogP contribution in [0.5, 0.6) is 5.75 Å². The van der Waals surface area contributed by atoms with E-state index < -0.39 is 0 Å². The molecule has 2 rings (SSSR count). The summed E-state index contributed by atoms with van der Waals surface area (Å²) < 4.78 is 19.7. The summed E-state index contributed by atoms with van der Waals surface area (Å²) in [6.07, 6.45) is 1.71. The highest BCUT2D eigenvalue weighted by atomic mass is 127. The summed E-state index contributed by atoms with van der Waals surface area (Å²) in [5.41, 5.74) is 2.43. The van der Waals surface area contributed by atoms with Gasteiger partial charge in [0.15, 0.2) is 5.96 Å². The van der Waals surface area contributed by atoms with Crippen LogP contribution in [0.2, 0.25) is 0 Å². The number of guanidine groups is 1. The summed E-state index contributed by atoms with van der Waals surface area (Å²) in [4.78, 5) is 5.96. The van der Waals surface area contributed by atoms with Crippen LogP contribution in [0.1, 0.15) is 11.1 Å². The van der Waals surface area contributed by atoms with Crippen LogP contribution in [-0.2, 0) is 13.1 Å². The van der Waals surface area contributed by atoms with Gasteiger partial charge >= 0.3 is 0 Å². The zero-order valence-electron chi connectivity index (χ0n) is 16.5. The molecule has 0 heterocycles. The van der Waals surface area contributed by atoms with E-state index in [1.165, 1.54) is 6.07 Å². The van der Waals surface area contributed by atoms with Gasteiger partial charge in [0.2, 0.25) is 0 Å². The molecule has 2 aromatic rings. The van der Waals surface area contributed by atoms with Gasteiger partial charge in [-0.1, -0.05) is 36.9 Å². The molecule has 0 spiro atoms. The monoisotopic (exact) mass is 498 g/mol. The lowest BCUT2D eigenvalue weighted by Crippen LogP contribution is -2.36. The fourth-order valence-corrected chi connectivity index (χ4v) is 2.55. The quantitative estimate of drug-likeness (QED) is 0.251. The molecule has 0 aliphatic rings. The Balaban J connectivity index is 0.00000392. The van der Waals surface area contributed by atoms with Crippen molar-refractivity contribution in [2.24, 2.45) is 4.99 Å². The molecule has 0 aromatic heterocycles. The third kappa shape index (κ3) is 7.03. The number of hydrogen-bond acceptors (Lipinski definition) is 3. The summed E-state index contributed by atoms with van der Waals surface area (Å²) >= 11 is 0. The number of halogens is 2. The third-order valence-corrected chi connectivity index (χ3v) is 3.95. The number of anilines is 1. The Hall–Kier alpha value is -2.29. The van der Waals surface area contributed by atoms with Crippen LogP contribution in [0.3, 0.4) is 0 Å². The van der Waals surface area contributed by atoms with Crippen molar-refractivity contribution in [2.45, 2.75) is 13.1 Å². The van der Waals surface area contributed by atoms with Gasteiger partial charge in [0.1, 0.15) is 18.2 Å². The molecule has 2 aromatic carbocycles. The molecule has 0 aliphatic heterocycles. The fraction of sp³-hybridized carbons (Fsp3) is 0.286. The second-order valence-corrected chi connectivity index (χ2v) is 6.17. The van der Waals surface area contributed by atoms with Crippen molar-refractivity contribution in [3.8, 4) is 5.75 Å². The van der Waals surface area contributed by atoms with E-state index in [0.717, 1.165) is 16.9 Å². The Bertz CT molecular complexity index is 796. The average Bonchev–Trinajstić information content (AvgIpc) is 2.67. The molecule has 28 heavy (non-hydrogen) atoms. The highest BCUT2D eigenvalue weighted by molar-refractivity contribution is 14.0. The number of aliphatic imine (C=N–C) groups is 1. The van der Waals surface area contributed by atoms with E-state index in [1.54, 1.807) is 24.1 Å². The number of rotatable bonds is 8. The van der Waals surface area contributed by atoms with Crippen molar-refractivity contribution >= 4 is 35.6 Å². The predicted molar refractivity (Wildman–Crippen MR) is 125 cm³/mol. The number of benzene rings is 2. The van der Waals surface area contributed by atoms with Crippen molar-refractivity contribution in [3.63, 3.8) is 0 Å². The molecule has 0 aliphatic carbocycles. The van der Waals surface area contributed by atoms with Crippen molar-refractivity contribution in [2.75, 3.05) is 32.6 Å². The molecule has 152 valence electrons. The van der Waals surface area contributed by atoms with E-state index >= 15 is 0 Å². The topological polar surface area (TPSA) is 48.9 Å². The van der Waals surface area contributed by atoms with Gasteiger partial charge in [-0.15, -0.1) is 24.0 Å². The van der Waals surface area contributed by atoms with E-state index in [-0.39, 0.29) is 29.8 Å². The molecule has 2 N–H and O–H groups in total. The largest absolute Gasteiger partial charge is 0.489 e. The lowest BCUT2D eigenvalue weighted by atomic mass is 10.2. The minimum absolute atomic E-state index is 0. The standard InChI is InChI=1S/C21H27FN4O.HI/c1-5-12-27-20-9-7-6-8-17(20)15-25-21(23-2)24-14-16-10-11-19(26(3)4)18(22)13-16;/h5-11,13H,1,12,14-15H2,2-4H3,(H2,23,24,25);1H. The number of ether oxygens (including phenoxy) is 1. The van der Waals surface area contributed by atoms with Crippen molar-refractivity contribution in [1.82, 2.24) is 10.6 Å². The van der Waals surface area contributed by atoms with Crippen LogP contribution < -0.4 is 20.3 Å². The first kappa shape index (κ1) is 23.7. The molecule has 7 heteroatoms. The minimum atomic E-state index is -0.240. The normalized spacial score (nSPS) is 10.6. The minimum Gasteiger partial charge on any atom is -0.489 e. The summed E-state index contributed by atoms with van der Waals surface area (Å²) in [6, 6.07) is 13.0. The molecule has 0 atom stereocenters. The molecule has 0 amide bonds. The smallest absolute Gasteiger partial charge is 0.191 e. The van der Waals surface area contributed by atoms with Gasteiger partial charge in [0.25, 0.3) is 0 Å². The van der Waals surface area contributed by atoms with Gasteiger partial charge in [-0.3, -0.25) is 4.99 Å². The summed E-state index contributed by atoms with van der Waals surface area (Å²) in [5.74, 6) is 1.20. The van der Waals surface area contributed by atoms with Crippen LogP contribution in [0.4, 0.5) is 10.1 Å². The zero-order valence-corrected chi connectivity index (χ0v) is 18.9. The van der Waals surface area contributed by atoms with Crippen LogP contribution in [0.15, 0.2) is 60.1 Å². The molecule has 0 bridgehead atoms. The molecule has 0 saturated carbocycles. The summed E-state index contributed by atoms with van der Waals surface area (Å²) in [5, 5.41) is 6.44.